The van der Waals surface area contributed by atoms with Gasteiger partial charge in [0.05, 0.1) is 0 Å². The van der Waals surface area contributed by atoms with Crippen molar-refractivity contribution in [2.75, 3.05) is 12.3 Å². The number of rotatable bonds is 6. The topological polar surface area (TPSA) is 26.0 Å². The molecule has 0 rings (SSSR count). The zero-order chi connectivity index (χ0) is 9.69. The Labute approximate surface area is 87.2 Å². The summed E-state index contributed by atoms with van der Waals surface area (Å²) in [4.78, 5) is 0. The number of unbranched alkanes of at least 4 members (excludes halogenated alkanes) is 2. The molecule has 0 atom stereocenters. The fourth-order valence-electron chi connectivity index (χ4n) is 1.12. The zero-order valence-corrected chi connectivity index (χ0v) is 10.8. The second-order valence-corrected chi connectivity index (χ2v) is 14.4. The molecule has 0 aliphatic heterocycles. The van der Waals surface area contributed by atoms with Gasteiger partial charge in [0, 0.05) is 0 Å². The molecule has 0 spiro atoms. The Balaban J connectivity index is 3.90. The summed E-state index contributed by atoms with van der Waals surface area (Å²) in [5, 5.41) is -2.32. The molecule has 0 aliphatic carbocycles. The van der Waals surface area contributed by atoms with Crippen LogP contribution >= 0.6 is 29.7 Å². The molecule has 0 saturated heterocycles. The van der Waals surface area contributed by atoms with Crippen LogP contribution in [0.25, 0.3) is 0 Å². The summed E-state index contributed by atoms with van der Waals surface area (Å²) >= 11 is 9.17. The third kappa shape index (κ3) is 6.59. The summed E-state index contributed by atoms with van der Waals surface area (Å²) < 4.78 is 0. The summed E-state index contributed by atoms with van der Waals surface area (Å²) in [5.41, 5.74) is 6.19. The fraction of sp³-hybridized carbons (Fsp3) is 1.00. The van der Waals surface area contributed by atoms with E-state index in [4.69, 9.17) is 5.50 Å². The minimum atomic E-state index is -2.32. The molecule has 1 nitrogen and oxygen atoms in total. The first-order valence-corrected chi connectivity index (χ1v) is 9.69. The Morgan fingerprint density at radius 1 is 1.00 bits per heavy atom. The Morgan fingerprint density at radius 2 is 1.33 bits per heavy atom. The van der Waals surface area contributed by atoms with E-state index in [9.17, 15) is 0 Å². The number of hydrogen-bond acceptors (Lipinski definition) is 3. The Hall–Kier alpha value is 1.09. The van der Waals surface area contributed by atoms with Gasteiger partial charge < -0.3 is 0 Å². The molecular weight excluding hydrogens is 205 g/mol. The number of nitrogens with two attached hydrogens (primary N) is 1. The zero-order valence-electron chi connectivity index (χ0n) is 8.16. The number of hydrogen-bond donors (Lipinski definition) is 3. The summed E-state index contributed by atoms with van der Waals surface area (Å²) in [7, 11) is 0. The van der Waals surface area contributed by atoms with Crippen LogP contribution in [0.1, 0.15) is 39.5 Å². The van der Waals surface area contributed by atoms with Crippen molar-refractivity contribution in [3.63, 3.8) is 0 Å². The van der Waals surface area contributed by atoms with Crippen molar-refractivity contribution in [1.29, 1.82) is 0 Å². The van der Waals surface area contributed by atoms with Crippen molar-refractivity contribution in [1.82, 2.24) is 0 Å². The molecule has 0 saturated carbocycles. The van der Waals surface area contributed by atoms with Gasteiger partial charge in [-0.05, 0) is 0 Å². The molecule has 0 unspecified atom stereocenters. The normalized spacial score (nSPS) is 15.6. The Bertz CT molecular complexity index is 119. The molecule has 0 aromatic rings. The molecule has 4 heteroatoms. The van der Waals surface area contributed by atoms with E-state index in [1.165, 1.54) is 12.8 Å². The van der Waals surface area contributed by atoms with Gasteiger partial charge in [0.25, 0.3) is 0 Å². The van der Waals surface area contributed by atoms with Crippen molar-refractivity contribution in [2.45, 2.75) is 39.5 Å². The van der Waals surface area contributed by atoms with Crippen molar-refractivity contribution in [3.05, 3.63) is 0 Å². The van der Waals surface area contributed by atoms with Crippen molar-refractivity contribution in [2.24, 2.45) is 5.50 Å². The van der Waals surface area contributed by atoms with E-state index in [0.29, 0.717) is 0 Å². The molecule has 0 aromatic carbocycles. The van der Waals surface area contributed by atoms with E-state index in [-0.39, 0.29) is 0 Å². The molecule has 0 heterocycles. The quantitative estimate of drug-likeness (QED) is 0.468. The average molecular weight is 227 g/mol. The van der Waals surface area contributed by atoms with E-state index in [2.05, 4.69) is 38.3 Å². The molecular formula is C8H22NPS2. The van der Waals surface area contributed by atoms with E-state index in [1.54, 1.807) is 0 Å². The van der Waals surface area contributed by atoms with Crippen LogP contribution in [0.2, 0.25) is 0 Å². The van der Waals surface area contributed by atoms with Crippen LogP contribution < -0.4 is 5.50 Å². The maximum atomic E-state index is 6.19. The summed E-state index contributed by atoms with van der Waals surface area (Å²) in [6, 6.07) is 0. The first-order chi connectivity index (χ1) is 5.39. The molecule has 0 aliphatic rings. The maximum absolute atomic E-state index is 6.19. The van der Waals surface area contributed by atoms with E-state index >= 15 is 0 Å². The molecule has 0 fully saturated rings. The molecule has 0 amide bonds. The third-order valence-electron chi connectivity index (χ3n) is 2.00. The second kappa shape index (κ2) is 5.09. The average Bonchev–Trinajstić information content (AvgIpc) is 1.97. The van der Waals surface area contributed by atoms with Crippen LogP contribution in [0.4, 0.5) is 0 Å². The van der Waals surface area contributed by atoms with Gasteiger partial charge in [-0.1, -0.05) is 0 Å². The fourth-order valence-corrected chi connectivity index (χ4v) is 5.05. The van der Waals surface area contributed by atoms with Gasteiger partial charge in [0.2, 0.25) is 0 Å². The van der Waals surface area contributed by atoms with Crippen molar-refractivity contribution in [3.8, 4) is 0 Å². The van der Waals surface area contributed by atoms with Crippen LogP contribution in [0.3, 0.4) is 0 Å². The molecule has 0 radical (unpaired) electrons. The molecule has 12 heavy (non-hydrogen) atoms. The third-order valence-corrected chi connectivity index (χ3v) is 6.98. The predicted molar refractivity (Wildman–Crippen MR) is 68.6 cm³/mol. The Kier molecular flexibility index (Phi) is 5.55. The van der Waals surface area contributed by atoms with E-state index in [0.717, 1.165) is 25.2 Å². The van der Waals surface area contributed by atoms with Crippen molar-refractivity contribution >= 4 is 29.7 Å². The minimum absolute atomic E-state index is 1.01. The van der Waals surface area contributed by atoms with Gasteiger partial charge in [0.15, 0.2) is 0 Å². The van der Waals surface area contributed by atoms with Crippen LogP contribution in [-0.2, 0) is 0 Å². The molecule has 0 bridgehead atoms. The monoisotopic (exact) mass is 227 g/mol. The van der Waals surface area contributed by atoms with Gasteiger partial charge in [-0.3, -0.25) is 0 Å². The first kappa shape index (κ1) is 13.1. The summed E-state index contributed by atoms with van der Waals surface area (Å²) in [6.45, 7) is 4.35. The van der Waals surface area contributed by atoms with Gasteiger partial charge in [-0.25, -0.2) is 0 Å². The van der Waals surface area contributed by atoms with Crippen molar-refractivity contribution < 1.29 is 0 Å². The van der Waals surface area contributed by atoms with Crippen LogP contribution in [-0.4, -0.2) is 12.3 Å². The molecule has 0 aromatic heterocycles. The van der Waals surface area contributed by atoms with Gasteiger partial charge in [0.1, 0.15) is 0 Å². The second-order valence-electron chi connectivity index (χ2n) is 3.63. The SMILES string of the molecule is CCCCP(N)(S)(S)CCCC. The van der Waals surface area contributed by atoms with Gasteiger partial charge >= 0.3 is 87.0 Å². The van der Waals surface area contributed by atoms with E-state index < -0.39 is 5.16 Å². The molecule has 76 valence electrons. The summed E-state index contributed by atoms with van der Waals surface area (Å²) in [6.07, 6.45) is 6.70. The summed E-state index contributed by atoms with van der Waals surface area (Å²) in [5.74, 6) is 0. The van der Waals surface area contributed by atoms with E-state index in [1.807, 2.05) is 0 Å². The van der Waals surface area contributed by atoms with Crippen LogP contribution in [0, 0.1) is 0 Å². The van der Waals surface area contributed by atoms with Gasteiger partial charge in [-0.15, -0.1) is 0 Å². The number of thiol groups is 2. The molecule has 2 N–H and O–H groups in total. The van der Waals surface area contributed by atoms with Crippen LogP contribution in [0.15, 0.2) is 0 Å². The standard InChI is InChI=1S/C8H22NPS2/c1-3-5-7-10(9,11,12)8-6-4-2/h11-12H,3-9H2,1-2H3. The predicted octanol–water partition coefficient (Wildman–Crippen LogP) is 3.70. The van der Waals surface area contributed by atoms with Gasteiger partial charge in [-0.2, -0.15) is 0 Å². The Morgan fingerprint density at radius 3 is 1.58 bits per heavy atom. The van der Waals surface area contributed by atoms with Crippen LogP contribution in [0.5, 0.6) is 0 Å². The first-order valence-electron chi connectivity index (χ1n) is 4.70.